The fourth-order valence-corrected chi connectivity index (χ4v) is 6.69. The molecule has 2 atom stereocenters. The van der Waals surface area contributed by atoms with Crippen LogP contribution in [0.5, 0.6) is 17.4 Å². The number of allylic oxidation sites excluding steroid dienone is 2. The quantitative estimate of drug-likeness (QED) is 0.191. The van der Waals surface area contributed by atoms with Crippen LogP contribution in [0.25, 0.3) is 27.6 Å². The van der Waals surface area contributed by atoms with E-state index in [9.17, 15) is 0 Å². The van der Waals surface area contributed by atoms with Crippen LogP contribution in [0.4, 0.5) is 17.1 Å². The van der Waals surface area contributed by atoms with E-state index in [-0.39, 0.29) is 12.0 Å². The lowest BCUT2D eigenvalue weighted by molar-refractivity contribution is 0.269. The van der Waals surface area contributed by atoms with Gasteiger partial charge in [-0.3, -0.25) is 4.57 Å². The lowest BCUT2D eigenvalue weighted by Crippen LogP contribution is -2.16. The number of hydrogen-bond acceptors (Lipinski definition) is 5. The summed E-state index contributed by atoms with van der Waals surface area (Å²) in [4.78, 5) is 11.4. The molecule has 2 unspecified atom stereocenters. The molecule has 4 aromatic carbocycles. The van der Waals surface area contributed by atoms with E-state index in [1.54, 1.807) is 6.20 Å². The summed E-state index contributed by atoms with van der Waals surface area (Å²) >= 11 is 0. The maximum Gasteiger partial charge on any atom is 0.219 e. The predicted octanol–water partition coefficient (Wildman–Crippen LogP) is 9.81. The topological polar surface area (TPSA) is 52.4 Å². The first kappa shape index (κ1) is 26.3. The second-order valence-corrected chi connectivity index (χ2v) is 11.4. The first-order valence-corrected chi connectivity index (χ1v) is 15.4. The number of nitrogens with zero attached hydrogens (tertiary/aromatic N) is 4. The van der Waals surface area contributed by atoms with Crippen LogP contribution in [0.3, 0.4) is 0 Å². The van der Waals surface area contributed by atoms with Gasteiger partial charge in [0.2, 0.25) is 5.88 Å². The molecule has 0 amide bonds. The van der Waals surface area contributed by atoms with Crippen molar-refractivity contribution in [1.82, 2.24) is 14.5 Å². The van der Waals surface area contributed by atoms with E-state index in [4.69, 9.17) is 14.5 Å². The molecule has 0 radical (unpaired) electrons. The first-order valence-electron chi connectivity index (χ1n) is 15.4. The highest BCUT2D eigenvalue weighted by molar-refractivity contribution is 6.10. The molecule has 46 heavy (non-hydrogen) atoms. The standard InChI is InChI=1S/C40H28N4O2/c1-2-12-27(13-3-1)43(28-20-21-31-30-14-4-6-16-34(30)44(35(31)24-28)38-18-8-10-22-41-38)36-26-29(45-39-19-9-11-23-42-39)25-33-32-15-5-7-17-37(32)46-40(33)36/h1-26,32,37H. The zero-order chi connectivity index (χ0) is 30.5. The number of rotatable bonds is 6. The molecular weight excluding hydrogens is 568 g/mol. The zero-order valence-electron chi connectivity index (χ0n) is 24.8. The highest BCUT2D eigenvalue weighted by Crippen LogP contribution is 2.52. The fourth-order valence-electron chi connectivity index (χ4n) is 6.69. The average molecular weight is 597 g/mol. The Labute approximate surface area is 266 Å². The van der Waals surface area contributed by atoms with Gasteiger partial charge in [-0.2, -0.15) is 0 Å². The number of hydrogen-bond donors (Lipinski definition) is 0. The minimum absolute atomic E-state index is 0.0813. The molecule has 4 heterocycles. The maximum atomic E-state index is 6.73. The van der Waals surface area contributed by atoms with Crippen molar-refractivity contribution in [2.45, 2.75) is 12.0 Å². The smallest absolute Gasteiger partial charge is 0.219 e. The van der Waals surface area contributed by atoms with Crippen LogP contribution in [0.15, 0.2) is 158 Å². The summed E-state index contributed by atoms with van der Waals surface area (Å²) in [5.41, 5.74) is 6.14. The van der Waals surface area contributed by atoms with Gasteiger partial charge in [0.25, 0.3) is 0 Å². The van der Waals surface area contributed by atoms with Crippen LogP contribution >= 0.6 is 0 Å². The Balaban J connectivity index is 1.29. The van der Waals surface area contributed by atoms with Crippen LogP contribution in [-0.4, -0.2) is 20.6 Å². The van der Waals surface area contributed by atoms with Crippen LogP contribution in [0.2, 0.25) is 0 Å². The molecule has 0 saturated heterocycles. The molecule has 0 fully saturated rings. The van der Waals surface area contributed by atoms with Crippen molar-refractivity contribution < 1.29 is 9.47 Å². The number of ether oxygens (including phenoxy) is 2. The van der Waals surface area contributed by atoms with Gasteiger partial charge < -0.3 is 14.4 Å². The molecule has 9 rings (SSSR count). The Kier molecular flexibility index (Phi) is 6.16. The summed E-state index contributed by atoms with van der Waals surface area (Å²) in [6, 6.07) is 41.4. The maximum absolute atomic E-state index is 6.73. The van der Waals surface area contributed by atoms with Crippen molar-refractivity contribution in [2.24, 2.45) is 0 Å². The minimum atomic E-state index is -0.0874. The van der Waals surface area contributed by atoms with E-state index in [0.29, 0.717) is 11.6 Å². The lowest BCUT2D eigenvalue weighted by Gasteiger charge is -2.28. The molecule has 6 nitrogen and oxygen atoms in total. The van der Waals surface area contributed by atoms with Crippen molar-refractivity contribution in [3.8, 4) is 23.2 Å². The van der Waals surface area contributed by atoms with Crippen molar-refractivity contribution in [3.63, 3.8) is 0 Å². The van der Waals surface area contributed by atoms with E-state index in [1.807, 2.05) is 42.6 Å². The van der Waals surface area contributed by atoms with Gasteiger partial charge in [0.15, 0.2) is 0 Å². The number of anilines is 3. The van der Waals surface area contributed by atoms with Gasteiger partial charge in [0.1, 0.15) is 23.4 Å². The Hall–Kier alpha value is -6.14. The van der Waals surface area contributed by atoms with Gasteiger partial charge in [-0.15, -0.1) is 0 Å². The third-order valence-electron chi connectivity index (χ3n) is 8.68. The van der Waals surface area contributed by atoms with E-state index >= 15 is 0 Å². The van der Waals surface area contributed by atoms with Crippen molar-refractivity contribution in [1.29, 1.82) is 0 Å². The van der Waals surface area contributed by atoms with Crippen LogP contribution in [-0.2, 0) is 0 Å². The van der Waals surface area contributed by atoms with Gasteiger partial charge in [-0.1, -0.05) is 72.8 Å². The number of benzene rings is 4. The second kappa shape index (κ2) is 10.8. The van der Waals surface area contributed by atoms with Crippen molar-refractivity contribution in [2.75, 3.05) is 4.90 Å². The Morgan fingerprint density at radius 2 is 1.43 bits per heavy atom. The minimum Gasteiger partial charge on any atom is -0.483 e. The summed E-state index contributed by atoms with van der Waals surface area (Å²) in [6.45, 7) is 0. The summed E-state index contributed by atoms with van der Waals surface area (Å²) in [6.07, 6.45) is 12.0. The van der Waals surface area contributed by atoms with E-state index in [1.165, 1.54) is 5.39 Å². The highest BCUT2D eigenvalue weighted by Gasteiger charge is 2.36. The van der Waals surface area contributed by atoms with Gasteiger partial charge in [-0.25, -0.2) is 9.97 Å². The Morgan fingerprint density at radius 3 is 2.28 bits per heavy atom. The molecule has 6 heteroatoms. The summed E-state index contributed by atoms with van der Waals surface area (Å²) in [5, 5.41) is 2.34. The SMILES string of the molecule is C1=CC2Oc3c(cc(Oc4ccccn4)cc3N(c3ccccc3)c3ccc4c5ccccc5n(-c5ccccn5)c4c3)C2C=C1. The number of fused-ring (bicyclic) bond motifs is 6. The molecule has 0 N–H and O–H groups in total. The van der Waals surface area contributed by atoms with Gasteiger partial charge in [0, 0.05) is 58.2 Å². The van der Waals surface area contributed by atoms with Crippen molar-refractivity contribution >= 4 is 38.9 Å². The molecule has 3 aromatic heterocycles. The van der Waals surface area contributed by atoms with Gasteiger partial charge in [-0.05, 0) is 60.7 Å². The molecule has 2 aliphatic rings. The zero-order valence-corrected chi connectivity index (χ0v) is 24.8. The molecule has 0 spiro atoms. The van der Waals surface area contributed by atoms with Gasteiger partial charge in [0.05, 0.1) is 16.7 Å². The summed E-state index contributed by atoms with van der Waals surface area (Å²) in [7, 11) is 0. The molecule has 1 aliphatic carbocycles. The number of aromatic nitrogens is 3. The number of pyridine rings is 2. The Bertz CT molecular complexity index is 2280. The van der Waals surface area contributed by atoms with E-state index in [2.05, 4.69) is 124 Å². The van der Waals surface area contributed by atoms with Crippen molar-refractivity contribution in [3.05, 3.63) is 164 Å². The number of para-hydroxylation sites is 2. The normalized spacial score (nSPS) is 16.3. The molecule has 0 saturated carbocycles. The lowest BCUT2D eigenvalue weighted by atomic mass is 9.91. The summed E-state index contributed by atoms with van der Waals surface area (Å²) in [5.74, 6) is 3.03. The van der Waals surface area contributed by atoms with Gasteiger partial charge >= 0.3 is 0 Å². The Morgan fingerprint density at radius 1 is 0.652 bits per heavy atom. The third kappa shape index (κ3) is 4.34. The van der Waals surface area contributed by atoms with Crippen LogP contribution in [0.1, 0.15) is 11.5 Å². The second-order valence-electron chi connectivity index (χ2n) is 11.4. The molecule has 0 bridgehead atoms. The van der Waals surface area contributed by atoms with Crippen LogP contribution < -0.4 is 14.4 Å². The average Bonchev–Trinajstić information content (AvgIpc) is 3.65. The molecule has 220 valence electrons. The largest absolute Gasteiger partial charge is 0.483 e. The molecule has 7 aromatic rings. The molecular formula is C40H28N4O2. The van der Waals surface area contributed by atoms with E-state index in [0.717, 1.165) is 50.6 Å². The highest BCUT2D eigenvalue weighted by atomic mass is 16.5. The molecule has 1 aliphatic heterocycles. The van der Waals surface area contributed by atoms with Crippen LogP contribution in [0, 0.1) is 0 Å². The monoisotopic (exact) mass is 596 g/mol. The third-order valence-corrected chi connectivity index (χ3v) is 8.68. The van der Waals surface area contributed by atoms with E-state index < -0.39 is 0 Å². The summed E-state index contributed by atoms with van der Waals surface area (Å²) < 4.78 is 15.4. The first-order chi connectivity index (χ1) is 22.8. The predicted molar refractivity (Wildman–Crippen MR) is 183 cm³/mol. The fraction of sp³-hybridized carbons (Fsp3) is 0.0500.